The number of benzene rings is 2. The highest BCUT2D eigenvalue weighted by molar-refractivity contribution is 8.05. The molecule has 1 aliphatic carbocycles. The van der Waals surface area contributed by atoms with Crippen LogP contribution in [0.15, 0.2) is 65.6 Å². The monoisotopic (exact) mass is 485 g/mol. The molecule has 1 aliphatic heterocycles. The Morgan fingerprint density at radius 3 is 2.40 bits per heavy atom. The zero-order valence-electron chi connectivity index (χ0n) is 21.1. The van der Waals surface area contributed by atoms with Crippen LogP contribution in [0.25, 0.3) is 11.8 Å². The van der Waals surface area contributed by atoms with Crippen molar-refractivity contribution in [3.8, 4) is 5.69 Å². The highest BCUT2D eigenvalue weighted by Gasteiger charge is 2.43. The molecule has 5 rings (SSSR count). The molecule has 5 heteroatoms. The summed E-state index contributed by atoms with van der Waals surface area (Å²) in [5.41, 5.74) is 6.79. The quantitative estimate of drug-likeness (QED) is 0.386. The van der Waals surface area contributed by atoms with Crippen molar-refractivity contribution in [2.45, 2.75) is 64.9 Å². The second-order valence-electron chi connectivity index (χ2n) is 10.0. The topological polar surface area (TPSA) is 37.3 Å². The Hall–Kier alpha value is -2.92. The summed E-state index contributed by atoms with van der Waals surface area (Å²) in [6.07, 6.45) is 6.83. The summed E-state index contributed by atoms with van der Waals surface area (Å²) < 4.78 is 2.27. The molecule has 2 aliphatic rings. The number of rotatable bonds is 5. The molecule has 35 heavy (non-hydrogen) atoms. The van der Waals surface area contributed by atoms with E-state index >= 15 is 0 Å². The molecule has 2 heterocycles. The van der Waals surface area contributed by atoms with Gasteiger partial charge in [0, 0.05) is 28.8 Å². The fourth-order valence-corrected chi connectivity index (χ4v) is 6.74. The van der Waals surface area contributed by atoms with Gasteiger partial charge in [0.2, 0.25) is 0 Å². The highest BCUT2D eigenvalue weighted by Crippen LogP contribution is 2.42. The summed E-state index contributed by atoms with van der Waals surface area (Å²) in [6, 6.07) is 21.3. The third-order valence-electron chi connectivity index (χ3n) is 7.47. The number of thioether (sulfide) groups is 1. The molecule has 4 nitrogen and oxygen atoms in total. The van der Waals surface area contributed by atoms with E-state index < -0.39 is 0 Å². The van der Waals surface area contributed by atoms with Crippen molar-refractivity contribution in [3.05, 3.63) is 88.1 Å². The van der Waals surface area contributed by atoms with Gasteiger partial charge in [0.25, 0.3) is 5.91 Å². The van der Waals surface area contributed by atoms with E-state index in [1.165, 1.54) is 30.5 Å². The van der Waals surface area contributed by atoms with Gasteiger partial charge in [0.15, 0.2) is 5.50 Å². The Morgan fingerprint density at radius 1 is 0.971 bits per heavy atom. The predicted molar refractivity (Wildman–Crippen MR) is 148 cm³/mol. The van der Waals surface area contributed by atoms with Crippen molar-refractivity contribution >= 4 is 29.4 Å². The minimum Gasteiger partial charge on any atom is -0.356 e. The van der Waals surface area contributed by atoms with E-state index in [4.69, 9.17) is 0 Å². The van der Waals surface area contributed by atoms with Crippen LogP contribution in [0.4, 0.5) is 5.69 Å². The van der Waals surface area contributed by atoms with Gasteiger partial charge in [0.1, 0.15) is 0 Å². The van der Waals surface area contributed by atoms with E-state index in [1.54, 1.807) is 11.8 Å². The minimum atomic E-state index is -0.0951. The third kappa shape index (κ3) is 4.79. The summed E-state index contributed by atoms with van der Waals surface area (Å²) in [7, 11) is 0. The lowest BCUT2D eigenvalue weighted by atomic mass is 9.85. The minimum absolute atomic E-state index is 0.0951. The molecular weight excluding hydrogens is 450 g/mol. The van der Waals surface area contributed by atoms with Gasteiger partial charge in [-0.25, -0.2) is 0 Å². The van der Waals surface area contributed by atoms with E-state index in [2.05, 4.69) is 91.0 Å². The molecule has 3 atom stereocenters. The van der Waals surface area contributed by atoms with Gasteiger partial charge in [-0.1, -0.05) is 67.4 Å². The average molecular weight is 486 g/mol. The summed E-state index contributed by atoms with van der Waals surface area (Å²) >= 11 is 1.65. The first-order valence-electron chi connectivity index (χ1n) is 12.7. The maximum absolute atomic E-state index is 13.9. The van der Waals surface area contributed by atoms with Gasteiger partial charge in [0.05, 0.1) is 4.91 Å². The number of hydrogen-bond donors (Lipinski definition) is 1. The molecule has 0 bridgehead atoms. The van der Waals surface area contributed by atoms with Crippen LogP contribution < -0.4 is 5.32 Å². The maximum atomic E-state index is 13.9. The lowest BCUT2D eigenvalue weighted by Crippen LogP contribution is -2.48. The largest absolute Gasteiger partial charge is 0.356 e. The van der Waals surface area contributed by atoms with Crippen molar-refractivity contribution < 1.29 is 4.79 Å². The zero-order valence-corrected chi connectivity index (χ0v) is 21.9. The number of amides is 1. The first-order chi connectivity index (χ1) is 16.9. The molecule has 1 saturated heterocycles. The van der Waals surface area contributed by atoms with Crippen LogP contribution in [0.3, 0.4) is 0 Å². The lowest BCUT2D eigenvalue weighted by Gasteiger charge is -2.39. The molecule has 1 N–H and O–H groups in total. The van der Waals surface area contributed by atoms with Crippen molar-refractivity contribution in [1.29, 1.82) is 0 Å². The first-order valence-corrected chi connectivity index (χ1v) is 13.6. The Morgan fingerprint density at radius 2 is 1.69 bits per heavy atom. The lowest BCUT2D eigenvalue weighted by molar-refractivity contribution is -0.129. The molecule has 1 amide bonds. The Labute approximate surface area is 213 Å². The van der Waals surface area contributed by atoms with Gasteiger partial charge >= 0.3 is 0 Å². The maximum Gasteiger partial charge on any atom is 0.262 e. The van der Waals surface area contributed by atoms with Crippen LogP contribution in [-0.4, -0.2) is 26.9 Å². The number of anilines is 1. The van der Waals surface area contributed by atoms with Crippen molar-refractivity contribution in [2.75, 3.05) is 5.32 Å². The molecule has 0 spiro atoms. The SMILES string of the molecule is Cc1ccc(-n2c(C)cc(/C=C3\SC(Nc4ccccc4)N([C@@H]4CCCC[C@@H]4C)C3=O)c2C)cc1. The molecule has 3 aromatic rings. The Balaban J connectivity index is 1.49. The van der Waals surface area contributed by atoms with E-state index in [9.17, 15) is 4.79 Å². The van der Waals surface area contributed by atoms with Crippen LogP contribution in [0.5, 0.6) is 0 Å². The number of hydrogen-bond acceptors (Lipinski definition) is 3. The van der Waals surface area contributed by atoms with Gasteiger partial charge < -0.3 is 14.8 Å². The van der Waals surface area contributed by atoms with Crippen LogP contribution in [0.1, 0.15) is 55.1 Å². The van der Waals surface area contributed by atoms with Crippen LogP contribution >= 0.6 is 11.8 Å². The normalized spacial score (nSPS) is 23.8. The number of nitrogens with zero attached hydrogens (tertiary/aromatic N) is 2. The fourth-order valence-electron chi connectivity index (χ4n) is 5.53. The number of para-hydroxylation sites is 1. The molecule has 0 radical (unpaired) electrons. The van der Waals surface area contributed by atoms with Gasteiger partial charge in [-0.15, -0.1) is 0 Å². The van der Waals surface area contributed by atoms with Gasteiger partial charge in [-0.2, -0.15) is 0 Å². The predicted octanol–water partition coefficient (Wildman–Crippen LogP) is 7.29. The smallest absolute Gasteiger partial charge is 0.262 e. The molecular formula is C30H35N3OS. The summed E-state index contributed by atoms with van der Waals surface area (Å²) in [4.78, 5) is 16.8. The number of nitrogens with one attached hydrogen (secondary N) is 1. The fraction of sp³-hybridized carbons (Fsp3) is 0.367. The molecule has 2 fully saturated rings. The van der Waals surface area contributed by atoms with Crippen molar-refractivity contribution in [1.82, 2.24) is 9.47 Å². The van der Waals surface area contributed by atoms with E-state index in [0.717, 1.165) is 34.0 Å². The number of carbonyl (C=O) groups excluding carboxylic acids is 1. The Bertz CT molecular complexity index is 1230. The van der Waals surface area contributed by atoms with Crippen LogP contribution in [0, 0.1) is 26.7 Å². The summed E-state index contributed by atoms with van der Waals surface area (Å²) in [5.74, 6) is 0.668. The van der Waals surface area contributed by atoms with Crippen LogP contribution in [0.2, 0.25) is 0 Å². The average Bonchev–Trinajstić information content (AvgIpc) is 3.30. The summed E-state index contributed by atoms with van der Waals surface area (Å²) in [6.45, 7) is 8.69. The first kappa shape index (κ1) is 23.8. The molecule has 182 valence electrons. The molecule has 2 aromatic carbocycles. The third-order valence-corrected chi connectivity index (χ3v) is 8.59. The Kier molecular flexibility index (Phi) is 6.79. The van der Waals surface area contributed by atoms with Crippen LogP contribution in [-0.2, 0) is 4.79 Å². The standard InChI is InChI=1S/C30H35N3OS/c1-20-14-16-26(17-15-20)32-22(3)18-24(23(32)4)19-28-29(34)33(27-13-9-8-10-21(27)2)30(35-28)31-25-11-6-5-7-12-25/h5-7,11-12,14-19,21,27,30-31H,8-10,13H2,1-4H3/b28-19-/t21-,27+,30?/m0/s1. The van der Waals surface area contributed by atoms with Crippen molar-refractivity contribution in [2.24, 2.45) is 5.92 Å². The molecule has 1 unspecified atom stereocenters. The number of aryl methyl sites for hydroxylation is 2. The van der Waals surface area contributed by atoms with E-state index in [-0.39, 0.29) is 17.4 Å². The molecule has 1 aromatic heterocycles. The van der Waals surface area contributed by atoms with Crippen molar-refractivity contribution in [3.63, 3.8) is 0 Å². The van der Waals surface area contributed by atoms with Gasteiger partial charge in [-0.3, -0.25) is 4.79 Å². The molecule has 1 saturated carbocycles. The summed E-state index contributed by atoms with van der Waals surface area (Å²) in [5, 5.41) is 3.64. The second kappa shape index (κ2) is 9.98. The zero-order chi connectivity index (χ0) is 24.5. The van der Waals surface area contributed by atoms with E-state index in [0.29, 0.717) is 5.92 Å². The number of carbonyl (C=O) groups is 1. The van der Waals surface area contributed by atoms with Gasteiger partial charge in [-0.05, 0) is 81.5 Å². The van der Waals surface area contributed by atoms with E-state index in [1.807, 2.05) is 18.2 Å². The highest BCUT2D eigenvalue weighted by atomic mass is 32.2. The second-order valence-corrected chi connectivity index (χ2v) is 11.2. The number of aromatic nitrogens is 1.